The highest BCUT2D eigenvalue weighted by molar-refractivity contribution is 7.92. The molecule has 0 fully saturated rings. The third kappa shape index (κ3) is 4.51. The quantitative estimate of drug-likeness (QED) is 0.543. The molecule has 36 heavy (non-hydrogen) atoms. The van der Waals surface area contributed by atoms with Crippen molar-refractivity contribution in [2.75, 3.05) is 31.2 Å². The summed E-state index contributed by atoms with van der Waals surface area (Å²) in [5.41, 5.74) is 1.20. The van der Waals surface area contributed by atoms with E-state index >= 15 is 0 Å². The minimum absolute atomic E-state index is 0.0869. The number of nitrogens with zero attached hydrogens (tertiary/aromatic N) is 1. The van der Waals surface area contributed by atoms with Gasteiger partial charge in [-0.1, -0.05) is 18.2 Å². The van der Waals surface area contributed by atoms with Crippen LogP contribution in [-0.4, -0.2) is 47.3 Å². The first kappa shape index (κ1) is 23.8. The maximum atomic E-state index is 13.6. The Balaban J connectivity index is 1.38. The Morgan fingerprint density at radius 3 is 2.47 bits per heavy atom. The second-order valence-corrected chi connectivity index (χ2v) is 10.3. The molecule has 0 saturated heterocycles. The summed E-state index contributed by atoms with van der Waals surface area (Å²) in [5, 5.41) is 2.93. The van der Waals surface area contributed by atoms with Crippen LogP contribution in [0.2, 0.25) is 0 Å². The molecule has 0 aliphatic carbocycles. The molecule has 0 unspecified atom stereocenters. The summed E-state index contributed by atoms with van der Waals surface area (Å²) < 4.78 is 50.6. The number of benzene rings is 3. The molecule has 0 saturated carbocycles. The van der Waals surface area contributed by atoms with Gasteiger partial charge in [-0.2, -0.15) is 0 Å². The zero-order chi connectivity index (χ0) is 25.3. The maximum Gasteiger partial charge on any atom is 0.264 e. The van der Waals surface area contributed by atoms with Crippen molar-refractivity contribution in [1.82, 2.24) is 5.32 Å². The highest BCUT2D eigenvalue weighted by Gasteiger charge is 2.38. The van der Waals surface area contributed by atoms with Crippen LogP contribution < -0.4 is 28.6 Å². The lowest BCUT2D eigenvalue weighted by Gasteiger charge is -2.35. The zero-order valence-corrected chi connectivity index (χ0v) is 20.7. The van der Waals surface area contributed by atoms with E-state index in [0.29, 0.717) is 41.9 Å². The number of amides is 1. The van der Waals surface area contributed by atoms with Crippen LogP contribution in [0, 0.1) is 0 Å². The molecule has 5 rings (SSSR count). The molecule has 2 aliphatic heterocycles. The van der Waals surface area contributed by atoms with Crippen LogP contribution in [0.3, 0.4) is 0 Å². The fourth-order valence-corrected chi connectivity index (χ4v) is 5.64. The largest absolute Gasteiger partial charge is 0.497 e. The fraction of sp³-hybridized carbons (Fsp3) is 0.269. The van der Waals surface area contributed by atoms with Gasteiger partial charge in [-0.25, -0.2) is 8.42 Å². The lowest BCUT2D eigenvalue weighted by Crippen LogP contribution is -2.51. The van der Waals surface area contributed by atoms with E-state index in [1.54, 1.807) is 36.4 Å². The molecule has 3 aromatic carbocycles. The molecule has 9 nitrogen and oxygen atoms in total. The molecule has 0 aromatic heterocycles. The molecular weight excluding hydrogens is 484 g/mol. The van der Waals surface area contributed by atoms with Crippen molar-refractivity contribution in [2.45, 2.75) is 24.0 Å². The van der Waals surface area contributed by atoms with Crippen LogP contribution in [-0.2, 0) is 14.8 Å². The number of anilines is 1. The number of hydrogen-bond donors (Lipinski definition) is 1. The Morgan fingerprint density at radius 1 is 1.00 bits per heavy atom. The Labute approximate surface area is 209 Å². The van der Waals surface area contributed by atoms with Crippen molar-refractivity contribution in [3.8, 4) is 23.0 Å². The predicted octanol–water partition coefficient (Wildman–Crippen LogP) is 3.30. The van der Waals surface area contributed by atoms with Gasteiger partial charge in [0.1, 0.15) is 24.7 Å². The second kappa shape index (κ2) is 9.62. The van der Waals surface area contributed by atoms with Gasteiger partial charge in [0.05, 0.1) is 30.3 Å². The van der Waals surface area contributed by atoms with Crippen LogP contribution in [0.5, 0.6) is 23.0 Å². The molecule has 0 spiro atoms. The molecule has 0 radical (unpaired) electrons. The highest BCUT2D eigenvalue weighted by Crippen LogP contribution is 2.37. The second-order valence-electron chi connectivity index (χ2n) is 8.42. The third-order valence-corrected chi connectivity index (χ3v) is 7.89. The number of carbonyl (C=O) groups is 1. The van der Waals surface area contributed by atoms with Crippen LogP contribution >= 0.6 is 0 Å². The van der Waals surface area contributed by atoms with Crippen LogP contribution in [0.4, 0.5) is 5.69 Å². The van der Waals surface area contributed by atoms with Crippen molar-refractivity contribution in [3.63, 3.8) is 0 Å². The van der Waals surface area contributed by atoms with Crippen molar-refractivity contribution in [2.24, 2.45) is 0 Å². The summed E-state index contributed by atoms with van der Waals surface area (Å²) in [4.78, 5) is 13.3. The number of sulfonamides is 1. The van der Waals surface area contributed by atoms with Crippen molar-refractivity contribution in [3.05, 3.63) is 72.3 Å². The molecule has 2 aliphatic rings. The fourth-order valence-electron chi connectivity index (χ4n) is 4.16. The number of para-hydroxylation sites is 2. The van der Waals surface area contributed by atoms with Gasteiger partial charge in [-0.3, -0.25) is 9.10 Å². The SMILES string of the molecule is COc1ccc(S(=O)(=O)N2C[C@@H](C(=O)N[C@H](C)c3ccc4c(c3)OCCO4)Oc3ccccc32)cc1. The van der Waals surface area contributed by atoms with Gasteiger partial charge in [-0.15, -0.1) is 0 Å². The number of rotatable bonds is 6. The van der Waals surface area contributed by atoms with E-state index in [2.05, 4.69) is 5.32 Å². The number of fused-ring (bicyclic) bond motifs is 2. The van der Waals surface area contributed by atoms with Crippen LogP contribution in [0.1, 0.15) is 18.5 Å². The lowest BCUT2D eigenvalue weighted by atomic mass is 10.1. The Hall–Kier alpha value is -3.92. The van der Waals surface area contributed by atoms with E-state index in [1.165, 1.54) is 23.5 Å². The lowest BCUT2D eigenvalue weighted by molar-refractivity contribution is -0.128. The van der Waals surface area contributed by atoms with E-state index in [9.17, 15) is 13.2 Å². The first-order valence-electron chi connectivity index (χ1n) is 11.5. The highest BCUT2D eigenvalue weighted by atomic mass is 32.2. The molecule has 2 atom stereocenters. The number of carbonyl (C=O) groups excluding carboxylic acids is 1. The predicted molar refractivity (Wildman–Crippen MR) is 132 cm³/mol. The van der Waals surface area contributed by atoms with Gasteiger partial charge in [-0.05, 0) is 61.0 Å². The van der Waals surface area contributed by atoms with Gasteiger partial charge in [0, 0.05) is 0 Å². The zero-order valence-electron chi connectivity index (χ0n) is 19.8. The molecule has 1 amide bonds. The van der Waals surface area contributed by atoms with Crippen LogP contribution in [0.25, 0.3) is 0 Å². The first-order valence-corrected chi connectivity index (χ1v) is 12.9. The molecule has 3 aromatic rings. The average molecular weight is 511 g/mol. The van der Waals surface area contributed by atoms with Crippen molar-refractivity contribution < 1.29 is 32.2 Å². The molecule has 0 bridgehead atoms. The summed E-state index contributed by atoms with van der Waals surface area (Å²) in [6, 6.07) is 18.0. The summed E-state index contributed by atoms with van der Waals surface area (Å²) in [5.74, 6) is 1.71. The monoisotopic (exact) mass is 510 g/mol. The molecule has 10 heteroatoms. The number of ether oxygens (including phenoxy) is 4. The average Bonchev–Trinajstić information content (AvgIpc) is 2.92. The molecule has 2 heterocycles. The normalized spacial score (nSPS) is 17.4. The van der Waals surface area contributed by atoms with Gasteiger partial charge >= 0.3 is 0 Å². The first-order chi connectivity index (χ1) is 17.4. The van der Waals surface area contributed by atoms with E-state index < -0.39 is 22.0 Å². The Kier molecular flexibility index (Phi) is 6.36. The number of hydrogen-bond acceptors (Lipinski definition) is 7. The number of nitrogens with one attached hydrogen (secondary N) is 1. The van der Waals surface area contributed by atoms with E-state index in [0.717, 1.165) is 5.56 Å². The standard InChI is InChI=1S/C26H26N2O7S/c1-17(18-7-12-23-24(15-18)34-14-13-33-23)27-26(29)25-16-28(21-5-3-4-6-22(21)35-25)36(30,31)20-10-8-19(32-2)9-11-20/h3-12,15,17,25H,13-14,16H2,1-2H3,(H,27,29)/t17-,25+/m1/s1. The van der Waals surface area contributed by atoms with Gasteiger partial charge in [0.15, 0.2) is 17.6 Å². The summed E-state index contributed by atoms with van der Waals surface area (Å²) >= 11 is 0. The topological polar surface area (TPSA) is 103 Å². The molecule has 1 N–H and O–H groups in total. The summed E-state index contributed by atoms with van der Waals surface area (Å²) in [6.07, 6.45) is -1.05. The molecular formula is C26H26N2O7S. The Bertz CT molecular complexity index is 1380. The Morgan fingerprint density at radius 2 is 1.72 bits per heavy atom. The van der Waals surface area contributed by atoms with E-state index in [-0.39, 0.29) is 17.5 Å². The number of methoxy groups -OCH3 is 1. The van der Waals surface area contributed by atoms with E-state index in [4.69, 9.17) is 18.9 Å². The van der Waals surface area contributed by atoms with Gasteiger partial charge < -0.3 is 24.3 Å². The van der Waals surface area contributed by atoms with Crippen molar-refractivity contribution in [1.29, 1.82) is 0 Å². The minimum atomic E-state index is -3.97. The molecule has 188 valence electrons. The van der Waals surface area contributed by atoms with Crippen molar-refractivity contribution >= 4 is 21.6 Å². The minimum Gasteiger partial charge on any atom is -0.497 e. The van der Waals surface area contributed by atoms with Crippen LogP contribution in [0.15, 0.2) is 71.6 Å². The van der Waals surface area contributed by atoms with Gasteiger partial charge in [0.2, 0.25) is 0 Å². The summed E-state index contributed by atoms with van der Waals surface area (Å²) in [6.45, 7) is 2.62. The third-order valence-electron chi connectivity index (χ3n) is 6.10. The smallest absolute Gasteiger partial charge is 0.264 e. The summed E-state index contributed by atoms with van der Waals surface area (Å²) in [7, 11) is -2.46. The maximum absolute atomic E-state index is 13.6. The van der Waals surface area contributed by atoms with Gasteiger partial charge in [0.25, 0.3) is 15.9 Å². The van der Waals surface area contributed by atoms with E-state index in [1.807, 2.05) is 25.1 Å².